The van der Waals surface area contributed by atoms with E-state index in [1.165, 1.54) is 0 Å². The molecule has 0 aromatic rings. The maximum Gasteiger partial charge on any atom is 0.0966 e. The smallest absolute Gasteiger partial charge is 0.0966 e. The lowest BCUT2D eigenvalue weighted by Crippen LogP contribution is -2.25. The summed E-state index contributed by atoms with van der Waals surface area (Å²) in [5.74, 6) is 0. The van der Waals surface area contributed by atoms with Gasteiger partial charge in [-0.1, -0.05) is 0 Å². The van der Waals surface area contributed by atoms with Gasteiger partial charge >= 0.3 is 0 Å². The minimum atomic E-state index is -0.306. The fourth-order valence-electron chi connectivity index (χ4n) is 0.881. The molecule has 3 heteroatoms. The summed E-state index contributed by atoms with van der Waals surface area (Å²) in [6.45, 7) is 1.44. The van der Waals surface area contributed by atoms with E-state index >= 15 is 0 Å². The van der Waals surface area contributed by atoms with Crippen molar-refractivity contribution < 1.29 is 9.84 Å². The Kier molecular flexibility index (Phi) is 1.83. The van der Waals surface area contributed by atoms with E-state index in [2.05, 4.69) is 5.32 Å². The van der Waals surface area contributed by atoms with Crippen LogP contribution in [-0.4, -0.2) is 37.5 Å². The van der Waals surface area contributed by atoms with Gasteiger partial charge in [-0.2, -0.15) is 0 Å². The van der Waals surface area contributed by atoms with Crippen LogP contribution in [0, 0.1) is 0 Å². The number of hydrogen-bond acceptors (Lipinski definition) is 3. The summed E-state index contributed by atoms with van der Waals surface area (Å²) in [4.78, 5) is 0. The fraction of sp³-hybridized carbons (Fsp3) is 1.00. The van der Waals surface area contributed by atoms with Crippen LogP contribution in [0.5, 0.6) is 0 Å². The predicted molar refractivity (Wildman–Crippen MR) is 29.7 cm³/mol. The van der Waals surface area contributed by atoms with Crippen LogP contribution in [0.3, 0.4) is 0 Å². The van der Waals surface area contributed by atoms with Crippen LogP contribution in [0.1, 0.15) is 0 Å². The van der Waals surface area contributed by atoms with Crippen LogP contribution < -0.4 is 5.32 Å². The van der Waals surface area contributed by atoms with Gasteiger partial charge in [0, 0.05) is 20.2 Å². The van der Waals surface area contributed by atoms with Gasteiger partial charge in [0.1, 0.15) is 0 Å². The van der Waals surface area contributed by atoms with E-state index in [9.17, 15) is 0 Å². The van der Waals surface area contributed by atoms with Crippen molar-refractivity contribution in [3.63, 3.8) is 0 Å². The van der Waals surface area contributed by atoms with Crippen LogP contribution in [0.15, 0.2) is 0 Å². The number of aliphatic hydroxyl groups excluding tert-OH is 1. The maximum atomic E-state index is 9.00. The normalized spacial score (nSPS) is 38.2. The molecule has 1 saturated heterocycles. The Morgan fingerprint density at radius 3 is 2.62 bits per heavy atom. The van der Waals surface area contributed by atoms with Crippen molar-refractivity contribution in [1.82, 2.24) is 5.32 Å². The molecular formula is C5H11NO2. The van der Waals surface area contributed by atoms with Gasteiger partial charge in [-0.3, -0.25) is 0 Å². The minimum absolute atomic E-state index is 0.00926. The molecule has 0 saturated carbocycles. The lowest BCUT2D eigenvalue weighted by Gasteiger charge is -2.08. The SMILES string of the molecule is CO[C@H]1CNCC1O. The summed E-state index contributed by atoms with van der Waals surface area (Å²) in [5, 5.41) is 12.0. The number of nitrogens with one attached hydrogen (secondary N) is 1. The van der Waals surface area contributed by atoms with E-state index in [1.807, 2.05) is 0 Å². The quantitative estimate of drug-likeness (QED) is 0.461. The third-order valence-electron chi connectivity index (χ3n) is 1.43. The Balaban J connectivity index is 2.30. The van der Waals surface area contributed by atoms with Gasteiger partial charge in [0.25, 0.3) is 0 Å². The van der Waals surface area contributed by atoms with Gasteiger partial charge in [-0.15, -0.1) is 0 Å². The molecule has 0 spiro atoms. The molecule has 0 bridgehead atoms. The van der Waals surface area contributed by atoms with Crippen molar-refractivity contribution in [3.05, 3.63) is 0 Å². The third-order valence-corrected chi connectivity index (χ3v) is 1.43. The summed E-state index contributed by atoms with van der Waals surface area (Å²) < 4.78 is 4.91. The number of hydrogen-bond donors (Lipinski definition) is 2. The highest BCUT2D eigenvalue weighted by molar-refractivity contribution is 4.80. The molecule has 0 aromatic heterocycles. The molecule has 8 heavy (non-hydrogen) atoms. The van der Waals surface area contributed by atoms with Crippen LogP contribution in [0.25, 0.3) is 0 Å². The topological polar surface area (TPSA) is 41.5 Å². The first-order valence-corrected chi connectivity index (χ1v) is 2.76. The van der Waals surface area contributed by atoms with Crippen LogP contribution in [-0.2, 0) is 4.74 Å². The summed E-state index contributed by atoms with van der Waals surface area (Å²) in [5.41, 5.74) is 0. The minimum Gasteiger partial charge on any atom is -0.389 e. The molecule has 3 nitrogen and oxygen atoms in total. The fourth-order valence-corrected chi connectivity index (χ4v) is 0.881. The number of ether oxygens (including phenoxy) is 1. The molecule has 2 atom stereocenters. The molecule has 0 aromatic carbocycles. The Morgan fingerprint density at radius 1 is 1.62 bits per heavy atom. The van der Waals surface area contributed by atoms with Gasteiger partial charge in [0.2, 0.25) is 0 Å². The Labute approximate surface area is 48.7 Å². The Morgan fingerprint density at radius 2 is 2.38 bits per heavy atom. The predicted octanol–water partition coefficient (Wildman–Crippen LogP) is -1.03. The molecule has 0 aliphatic carbocycles. The average molecular weight is 117 g/mol. The van der Waals surface area contributed by atoms with Crippen molar-refractivity contribution >= 4 is 0 Å². The zero-order valence-corrected chi connectivity index (χ0v) is 4.92. The van der Waals surface area contributed by atoms with Crippen LogP contribution >= 0.6 is 0 Å². The van der Waals surface area contributed by atoms with E-state index in [4.69, 9.17) is 9.84 Å². The molecule has 48 valence electrons. The van der Waals surface area contributed by atoms with E-state index in [0.29, 0.717) is 6.54 Å². The van der Waals surface area contributed by atoms with Crippen LogP contribution in [0.4, 0.5) is 0 Å². The van der Waals surface area contributed by atoms with Crippen molar-refractivity contribution in [2.75, 3.05) is 20.2 Å². The van der Waals surface area contributed by atoms with Crippen LogP contribution in [0.2, 0.25) is 0 Å². The molecule has 1 heterocycles. The summed E-state index contributed by atoms with van der Waals surface area (Å²) in [6.07, 6.45) is -0.296. The molecular weight excluding hydrogens is 106 g/mol. The van der Waals surface area contributed by atoms with E-state index in [0.717, 1.165) is 6.54 Å². The second-order valence-electron chi connectivity index (χ2n) is 2.00. The molecule has 2 N–H and O–H groups in total. The van der Waals surface area contributed by atoms with Gasteiger partial charge < -0.3 is 15.2 Å². The zero-order valence-electron chi connectivity index (χ0n) is 4.92. The number of methoxy groups -OCH3 is 1. The molecule has 1 rings (SSSR count). The first-order chi connectivity index (χ1) is 3.84. The number of β-amino-alcohol motifs (C(OH)–C–C–N with tert-alkyl or cyclic N) is 1. The number of aliphatic hydroxyl groups is 1. The average Bonchev–Trinajstić information content (AvgIpc) is 2.14. The maximum absolute atomic E-state index is 9.00. The number of rotatable bonds is 1. The second-order valence-corrected chi connectivity index (χ2v) is 2.00. The summed E-state index contributed by atoms with van der Waals surface area (Å²) in [6, 6.07) is 0. The van der Waals surface area contributed by atoms with Gasteiger partial charge in [0.05, 0.1) is 12.2 Å². The highest BCUT2D eigenvalue weighted by Crippen LogP contribution is 2.01. The monoisotopic (exact) mass is 117 g/mol. The summed E-state index contributed by atoms with van der Waals surface area (Å²) in [7, 11) is 1.61. The lowest BCUT2D eigenvalue weighted by atomic mass is 10.3. The van der Waals surface area contributed by atoms with Crippen molar-refractivity contribution in [3.8, 4) is 0 Å². The zero-order chi connectivity index (χ0) is 5.98. The van der Waals surface area contributed by atoms with Gasteiger partial charge in [0.15, 0.2) is 0 Å². The third kappa shape index (κ3) is 0.992. The second kappa shape index (κ2) is 2.44. The van der Waals surface area contributed by atoms with Gasteiger partial charge in [-0.25, -0.2) is 0 Å². The van der Waals surface area contributed by atoms with Crippen molar-refractivity contribution in [2.45, 2.75) is 12.2 Å². The first-order valence-electron chi connectivity index (χ1n) is 2.76. The summed E-state index contributed by atoms with van der Waals surface area (Å²) >= 11 is 0. The van der Waals surface area contributed by atoms with Gasteiger partial charge in [-0.05, 0) is 0 Å². The standard InChI is InChI=1S/C5H11NO2/c1-8-5-3-6-2-4(5)7/h4-7H,2-3H2,1H3/t4?,5-/m0/s1. The highest BCUT2D eigenvalue weighted by atomic mass is 16.5. The molecule has 1 aliphatic rings. The van der Waals surface area contributed by atoms with E-state index in [1.54, 1.807) is 7.11 Å². The Bertz CT molecular complexity index is 76.8. The largest absolute Gasteiger partial charge is 0.389 e. The Hall–Kier alpha value is -0.120. The molecule has 1 aliphatic heterocycles. The molecule has 1 fully saturated rings. The van der Waals surface area contributed by atoms with E-state index in [-0.39, 0.29) is 12.2 Å². The van der Waals surface area contributed by atoms with Crippen molar-refractivity contribution in [2.24, 2.45) is 0 Å². The van der Waals surface area contributed by atoms with Crippen molar-refractivity contribution in [1.29, 1.82) is 0 Å². The molecule has 0 amide bonds. The molecule has 1 unspecified atom stereocenters. The molecule has 0 radical (unpaired) electrons. The first kappa shape index (κ1) is 6.01. The lowest BCUT2D eigenvalue weighted by molar-refractivity contribution is 0.0217. The van der Waals surface area contributed by atoms with E-state index < -0.39 is 0 Å². The highest BCUT2D eigenvalue weighted by Gasteiger charge is 2.23.